The van der Waals surface area contributed by atoms with E-state index >= 15 is 0 Å². The molecule has 2 aliphatic carbocycles. The minimum Gasteiger partial charge on any atom is -0.466 e. The summed E-state index contributed by atoms with van der Waals surface area (Å²) in [5.41, 5.74) is 0.209. The fourth-order valence-electron chi connectivity index (χ4n) is 4.23. The first kappa shape index (κ1) is 15.5. The van der Waals surface area contributed by atoms with Crippen molar-refractivity contribution in [1.82, 2.24) is 0 Å². The van der Waals surface area contributed by atoms with Crippen LogP contribution in [0.25, 0.3) is 0 Å². The summed E-state index contributed by atoms with van der Waals surface area (Å²) >= 11 is 0. The minimum absolute atomic E-state index is 0.134. The van der Waals surface area contributed by atoms with E-state index in [-0.39, 0.29) is 24.4 Å². The molecule has 0 aliphatic heterocycles. The van der Waals surface area contributed by atoms with Crippen molar-refractivity contribution in [1.29, 1.82) is 0 Å². The highest BCUT2D eigenvalue weighted by Crippen LogP contribution is 2.89. The Morgan fingerprint density at radius 2 is 1.91 bits per heavy atom. The Morgan fingerprint density at radius 3 is 2.41 bits per heavy atom. The second-order valence-corrected chi connectivity index (χ2v) is 9.00. The quantitative estimate of drug-likeness (QED) is 0.782. The molecule has 0 aromatic heterocycles. The van der Waals surface area contributed by atoms with Gasteiger partial charge in [-0.25, -0.2) is 8.42 Å². The van der Waals surface area contributed by atoms with Crippen LogP contribution in [0.5, 0.6) is 0 Å². The Balaban J connectivity index is 2.01. The van der Waals surface area contributed by atoms with Crippen molar-refractivity contribution >= 4 is 15.8 Å². The van der Waals surface area contributed by atoms with Crippen LogP contribution in [0, 0.1) is 24.2 Å². The van der Waals surface area contributed by atoms with E-state index in [0.717, 1.165) is 5.56 Å². The molecule has 0 bridgehead atoms. The molecule has 2 aliphatic rings. The Morgan fingerprint density at radius 1 is 1.32 bits per heavy atom. The number of ether oxygens (including phenoxy) is 1. The van der Waals surface area contributed by atoms with Crippen molar-refractivity contribution in [2.24, 2.45) is 17.3 Å². The van der Waals surface area contributed by atoms with Gasteiger partial charge in [0.05, 0.1) is 21.7 Å². The van der Waals surface area contributed by atoms with Gasteiger partial charge in [-0.2, -0.15) is 0 Å². The average Bonchev–Trinajstić information content (AvgIpc) is 3.25. The number of esters is 1. The van der Waals surface area contributed by atoms with Crippen LogP contribution < -0.4 is 0 Å². The molecule has 5 heteroatoms. The number of benzene rings is 1. The molecule has 22 heavy (non-hydrogen) atoms. The molecule has 2 fully saturated rings. The van der Waals surface area contributed by atoms with E-state index in [1.165, 1.54) is 0 Å². The molecular formula is C17H22O4S. The fourth-order valence-corrected chi connectivity index (χ4v) is 7.00. The summed E-state index contributed by atoms with van der Waals surface area (Å²) in [6.45, 7) is 7.91. The number of sulfone groups is 1. The Kier molecular flexibility index (Phi) is 3.23. The zero-order valence-corrected chi connectivity index (χ0v) is 14.2. The summed E-state index contributed by atoms with van der Waals surface area (Å²) < 4.78 is 30.4. The monoisotopic (exact) mass is 322 g/mol. The molecule has 120 valence electrons. The maximum absolute atomic E-state index is 13.1. The fraction of sp³-hybridized carbons (Fsp3) is 0.588. The molecule has 3 atom stereocenters. The molecule has 4 nitrogen and oxygen atoms in total. The first-order chi connectivity index (χ1) is 10.3. The number of carbonyl (C=O) groups excluding carboxylic acids is 1. The van der Waals surface area contributed by atoms with Crippen molar-refractivity contribution in [3.63, 3.8) is 0 Å². The molecule has 2 saturated carbocycles. The molecule has 1 aromatic rings. The predicted octanol–water partition coefficient (Wildman–Crippen LogP) is 2.75. The zero-order chi connectivity index (χ0) is 16.3. The van der Waals surface area contributed by atoms with Gasteiger partial charge in [-0.3, -0.25) is 4.79 Å². The van der Waals surface area contributed by atoms with Gasteiger partial charge in [-0.1, -0.05) is 31.5 Å². The van der Waals surface area contributed by atoms with Crippen molar-refractivity contribution in [3.8, 4) is 0 Å². The lowest BCUT2D eigenvalue weighted by molar-refractivity contribution is -0.148. The molecule has 3 rings (SSSR count). The van der Waals surface area contributed by atoms with Gasteiger partial charge in [0.2, 0.25) is 0 Å². The van der Waals surface area contributed by atoms with E-state index in [0.29, 0.717) is 11.3 Å². The van der Waals surface area contributed by atoms with Gasteiger partial charge in [0.1, 0.15) is 0 Å². The normalized spacial score (nSPS) is 32.5. The highest BCUT2D eigenvalue weighted by Gasteiger charge is 3.01. The first-order valence-electron chi connectivity index (χ1n) is 7.74. The van der Waals surface area contributed by atoms with Gasteiger partial charge in [0.25, 0.3) is 0 Å². The maximum Gasteiger partial charge on any atom is 0.314 e. The third-order valence-corrected chi connectivity index (χ3v) is 7.85. The summed E-state index contributed by atoms with van der Waals surface area (Å²) in [4.78, 5) is 12.6. The molecular weight excluding hydrogens is 300 g/mol. The first-order valence-corrected chi connectivity index (χ1v) is 9.22. The molecule has 0 N–H and O–H groups in total. The van der Waals surface area contributed by atoms with Crippen LogP contribution in [0.15, 0.2) is 29.2 Å². The van der Waals surface area contributed by atoms with Crippen molar-refractivity contribution in [2.45, 2.75) is 43.8 Å². The number of rotatable bonds is 5. The van der Waals surface area contributed by atoms with Crippen LogP contribution in [0.1, 0.15) is 32.8 Å². The third kappa shape index (κ3) is 1.63. The summed E-state index contributed by atoms with van der Waals surface area (Å²) in [6, 6.07) is 6.88. The van der Waals surface area contributed by atoms with Crippen LogP contribution >= 0.6 is 0 Å². The van der Waals surface area contributed by atoms with Gasteiger partial charge >= 0.3 is 5.97 Å². The van der Waals surface area contributed by atoms with Crippen LogP contribution in [0.4, 0.5) is 0 Å². The highest BCUT2D eigenvalue weighted by atomic mass is 32.2. The minimum atomic E-state index is -3.52. The van der Waals surface area contributed by atoms with Gasteiger partial charge in [0, 0.05) is 5.92 Å². The molecule has 0 heterocycles. The highest BCUT2D eigenvalue weighted by molar-refractivity contribution is 7.93. The lowest BCUT2D eigenvalue weighted by atomic mass is 9.94. The van der Waals surface area contributed by atoms with Crippen LogP contribution in [0.2, 0.25) is 0 Å². The van der Waals surface area contributed by atoms with E-state index in [1.807, 2.05) is 20.8 Å². The average molecular weight is 322 g/mol. The molecule has 1 aromatic carbocycles. The Labute approximate surface area is 131 Å². The number of hydrogen-bond acceptors (Lipinski definition) is 4. The maximum atomic E-state index is 13.1. The third-order valence-electron chi connectivity index (χ3n) is 5.24. The van der Waals surface area contributed by atoms with Crippen LogP contribution in [-0.2, 0) is 19.4 Å². The second kappa shape index (κ2) is 4.57. The lowest BCUT2D eigenvalue weighted by Crippen LogP contribution is -2.22. The van der Waals surface area contributed by atoms with E-state index in [1.54, 1.807) is 31.2 Å². The van der Waals surface area contributed by atoms with E-state index < -0.39 is 20.0 Å². The van der Waals surface area contributed by atoms with Crippen molar-refractivity contribution in [3.05, 3.63) is 29.8 Å². The molecule has 0 saturated heterocycles. The Hall–Kier alpha value is -1.36. The van der Waals surface area contributed by atoms with Gasteiger partial charge < -0.3 is 4.74 Å². The molecule has 0 unspecified atom stereocenters. The number of carbonyl (C=O) groups is 1. The largest absolute Gasteiger partial charge is 0.466 e. The van der Waals surface area contributed by atoms with E-state index in [9.17, 15) is 13.2 Å². The number of hydrogen-bond donors (Lipinski definition) is 0. The van der Waals surface area contributed by atoms with Crippen molar-refractivity contribution in [2.75, 3.05) is 6.61 Å². The molecule has 0 amide bonds. The van der Waals surface area contributed by atoms with Gasteiger partial charge in [0.15, 0.2) is 9.84 Å². The second-order valence-electron chi connectivity index (χ2n) is 6.80. The summed E-state index contributed by atoms with van der Waals surface area (Å²) in [6.07, 6.45) is 0.401. The number of aryl methyl sites for hydroxylation is 1. The summed E-state index contributed by atoms with van der Waals surface area (Å²) in [5, 5.41) is 0. The topological polar surface area (TPSA) is 60.4 Å². The predicted molar refractivity (Wildman–Crippen MR) is 83.1 cm³/mol. The SMILES string of the molecule is CCOC(=O)[C@]12C[C@@]1(S(=O)(=O)c1ccc(C)cc1)[C@@H]2C(C)C. The van der Waals surface area contributed by atoms with Crippen molar-refractivity contribution < 1.29 is 17.9 Å². The zero-order valence-electron chi connectivity index (χ0n) is 13.4. The van der Waals surface area contributed by atoms with E-state index in [4.69, 9.17) is 4.74 Å². The Bertz CT molecular complexity index is 720. The van der Waals surface area contributed by atoms with Gasteiger partial charge in [-0.15, -0.1) is 0 Å². The molecule has 0 radical (unpaired) electrons. The van der Waals surface area contributed by atoms with E-state index in [2.05, 4.69) is 0 Å². The smallest absolute Gasteiger partial charge is 0.314 e. The number of fused-ring (bicyclic) bond motifs is 1. The summed E-state index contributed by atoms with van der Waals surface area (Å²) in [7, 11) is -3.52. The van der Waals surface area contributed by atoms with Crippen LogP contribution in [0.3, 0.4) is 0 Å². The standard InChI is InChI=1S/C17H22O4S/c1-5-21-15(18)16-10-17(16,14(16)11(2)3)22(19,20)13-8-6-12(4)7-9-13/h6-9,11,14H,5,10H2,1-4H3/t14-,16-,17-/m1/s1. The van der Waals surface area contributed by atoms with Gasteiger partial charge in [-0.05, 0) is 38.3 Å². The van der Waals surface area contributed by atoms with Crippen LogP contribution in [-0.4, -0.2) is 25.7 Å². The lowest BCUT2D eigenvalue weighted by Gasteiger charge is -2.17. The molecule has 0 spiro atoms. The summed E-state index contributed by atoms with van der Waals surface area (Å²) in [5.74, 6) is -0.340.